The van der Waals surface area contributed by atoms with Crippen molar-refractivity contribution in [2.45, 2.75) is 18.9 Å². The number of benzene rings is 1. The van der Waals surface area contributed by atoms with Gasteiger partial charge in [-0.3, -0.25) is 4.98 Å². The summed E-state index contributed by atoms with van der Waals surface area (Å²) in [7, 11) is 0. The zero-order valence-corrected chi connectivity index (χ0v) is 12.8. The molecule has 1 aliphatic carbocycles. The first-order valence-electron chi connectivity index (χ1n) is 7.66. The quantitative estimate of drug-likeness (QED) is 0.770. The van der Waals surface area contributed by atoms with Crippen LogP contribution in [0.1, 0.15) is 18.9 Å². The number of tetrazole rings is 1. The number of amides is 2. The molecule has 0 aliphatic heterocycles. The Bertz CT molecular complexity index is 858. The van der Waals surface area contributed by atoms with Crippen LogP contribution >= 0.6 is 0 Å². The Morgan fingerprint density at radius 3 is 2.75 bits per heavy atom. The van der Waals surface area contributed by atoms with Crippen molar-refractivity contribution in [3.63, 3.8) is 0 Å². The SMILES string of the molecule is O=C(Nc1cccnc1)Nc1cccc(-c2nnnn2C2CC2)c1. The zero-order chi connectivity index (χ0) is 16.4. The fourth-order valence-corrected chi connectivity index (χ4v) is 2.41. The van der Waals surface area contributed by atoms with Crippen LogP contribution < -0.4 is 10.6 Å². The van der Waals surface area contributed by atoms with Crippen molar-refractivity contribution in [1.29, 1.82) is 0 Å². The van der Waals surface area contributed by atoms with Crippen LogP contribution in [0, 0.1) is 0 Å². The fourth-order valence-electron chi connectivity index (χ4n) is 2.41. The molecule has 2 amide bonds. The Balaban J connectivity index is 1.50. The molecule has 2 N–H and O–H groups in total. The highest BCUT2D eigenvalue weighted by Gasteiger charge is 2.28. The molecular formula is C16H15N7O. The minimum absolute atomic E-state index is 0.332. The Labute approximate surface area is 137 Å². The molecule has 0 saturated heterocycles. The van der Waals surface area contributed by atoms with Gasteiger partial charge in [-0.05, 0) is 47.5 Å². The second kappa shape index (κ2) is 6.07. The molecular weight excluding hydrogens is 306 g/mol. The van der Waals surface area contributed by atoms with E-state index < -0.39 is 0 Å². The van der Waals surface area contributed by atoms with Gasteiger partial charge in [0.25, 0.3) is 0 Å². The number of aromatic nitrogens is 5. The maximum atomic E-state index is 12.1. The molecule has 0 radical (unpaired) electrons. The number of rotatable bonds is 4. The number of nitrogens with one attached hydrogen (secondary N) is 2. The first kappa shape index (κ1) is 14.3. The summed E-state index contributed by atoms with van der Waals surface area (Å²) in [4.78, 5) is 16.0. The number of hydrogen-bond donors (Lipinski definition) is 2. The standard InChI is InChI=1S/C16H15N7O/c24-16(19-13-5-2-8-17-10-13)18-12-4-1-3-11(9-12)15-20-21-22-23(15)14-6-7-14/h1-5,8-10,14H,6-7H2,(H2,18,19,24). The van der Waals surface area contributed by atoms with E-state index in [9.17, 15) is 4.79 Å². The molecule has 24 heavy (non-hydrogen) atoms. The lowest BCUT2D eigenvalue weighted by Gasteiger charge is -2.09. The summed E-state index contributed by atoms with van der Waals surface area (Å²) < 4.78 is 1.84. The van der Waals surface area contributed by atoms with Crippen molar-refractivity contribution in [2.75, 3.05) is 10.6 Å². The zero-order valence-electron chi connectivity index (χ0n) is 12.8. The fraction of sp³-hybridized carbons (Fsp3) is 0.188. The number of urea groups is 1. The topological polar surface area (TPSA) is 97.6 Å². The molecule has 0 unspecified atom stereocenters. The lowest BCUT2D eigenvalue weighted by molar-refractivity contribution is 0.262. The molecule has 2 aromatic heterocycles. The number of pyridine rings is 1. The van der Waals surface area contributed by atoms with E-state index in [1.54, 1.807) is 24.5 Å². The molecule has 1 saturated carbocycles. The molecule has 8 heteroatoms. The highest BCUT2D eigenvalue weighted by Crippen LogP contribution is 2.36. The van der Waals surface area contributed by atoms with Gasteiger partial charge in [0.05, 0.1) is 17.9 Å². The second-order valence-corrected chi connectivity index (χ2v) is 5.58. The van der Waals surface area contributed by atoms with E-state index in [1.807, 2.05) is 28.9 Å². The van der Waals surface area contributed by atoms with Crippen LogP contribution in [0.2, 0.25) is 0 Å². The smallest absolute Gasteiger partial charge is 0.308 e. The van der Waals surface area contributed by atoms with E-state index in [4.69, 9.17) is 0 Å². The molecule has 0 atom stereocenters. The van der Waals surface area contributed by atoms with Crippen LogP contribution in [-0.2, 0) is 0 Å². The predicted molar refractivity (Wildman–Crippen MR) is 88.4 cm³/mol. The number of carbonyl (C=O) groups is 1. The van der Waals surface area contributed by atoms with Gasteiger partial charge in [-0.25, -0.2) is 9.48 Å². The molecule has 0 bridgehead atoms. The van der Waals surface area contributed by atoms with Crippen LogP contribution in [-0.4, -0.2) is 31.2 Å². The minimum Gasteiger partial charge on any atom is -0.308 e. The van der Waals surface area contributed by atoms with Crippen LogP contribution in [0.3, 0.4) is 0 Å². The summed E-state index contributed by atoms with van der Waals surface area (Å²) in [6, 6.07) is 11.0. The Hall–Kier alpha value is -3.29. The molecule has 2 heterocycles. The Kier molecular flexibility index (Phi) is 3.62. The summed E-state index contributed by atoms with van der Waals surface area (Å²) in [6.07, 6.45) is 5.43. The van der Waals surface area contributed by atoms with Crippen LogP contribution in [0.4, 0.5) is 16.2 Å². The van der Waals surface area contributed by atoms with Crippen LogP contribution in [0.25, 0.3) is 11.4 Å². The van der Waals surface area contributed by atoms with Crippen molar-refractivity contribution in [2.24, 2.45) is 0 Å². The lowest BCUT2D eigenvalue weighted by Crippen LogP contribution is -2.19. The molecule has 120 valence electrons. The van der Waals surface area contributed by atoms with Gasteiger partial charge in [0, 0.05) is 17.4 Å². The summed E-state index contributed by atoms with van der Waals surface area (Å²) in [6.45, 7) is 0. The second-order valence-electron chi connectivity index (χ2n) is 5.58. The maximum absolute atomic E-state index is 12.1. The molecule has 4 rings (SSSR count). The Morgan fingerprint density at radius 2 is 1.96 bits per heavy atom. The van der Waals surface area contributed by atoms with E-state index in [0.29, 0.717) is 23.2 Å². The van der Waals surface area contributed by atoms with E-state index in [-0.39, 0.29) is 6.03 Å². The average molecular weight is 321 g/mol. The van der Waals surface area contributed by atoms with E-state index >= 15 is 0 Å². The number of carbonyl (C=O) groups excluding carboxylic acids is 1. The van der Waals surface area contributed by atoms with Crippen molar-refractivity contribution >= 4 is 17.4 Å². The molecule has 8 nitrogen and oxygen atoms in total. The third-order valence-corrected chi connectivity index (χ3v) is 3.68. The first-order chi connectivity index (χ1) is 11.8. The van der Waals surface area contributed by atoms with Gasteiger partial charge >= 0.3 is 6.03 Å². The van der Waals surface area contributed by atoms with E-state index in [0.717, 1.165) is 18.4 Å². The van der Waals surface area contributed by atoms with Crippen molar-refractivity contribution in [1.82, 2.24) is 25.2 Å². The molecule has 3 aromatic rings. The molecule has 1 fully saturated rings. The van der Waals surface area contributed by atoms with Gasteiger partial charge in [-0.15, -0.1) is 5.10 Å². The van der Waals surface area contributed by atoms with Crippen molar-refractivity contribution in [3.8, 4) is 11.4 Å². The van der Waals surface area contributed by atoms with Crippen molar-refractivity contribution in [3.05, 3.63) is 48.8 Å². The van der Waals surface area contributed by atoms with Gasteiger partial charge in [-0.1, -0.05) is 12.1 Å². The van der Waals surface area contributed by atoms with Crippen LogP contribution in [0.5, 0.6) is 0 Å². The number of hydrogen-bond acceptors (Lipinski definition) is 5. The number of nitrogens with zero attached hydrogens (tertiary/aromatic N) is 5. The average Bonchev–Trinajstić information content (AvgIpc) is 3.32. The van der Waals surface area contributed by atoms with Gasteiger partial charge in [0.15, 0.2) is 5.82 Å². The first-order valence-corrected chi connectivity index (χ1v) is 7.66. The third-order valence-electron chi connectivity index (χ3n) is 3.68. The predicted octanol–water partition coefficient (Wildman–Crippen LogP) is 2.71. The summed E-state index contributed by atoms with van der Waals surface area (Å²) in [5.41, 5.74) is 2.16. The minimum atomic E-state index is -0.332. The van der Waals surface area contributed by atoms with E-state index in [2.05, 4.69) is 31.1 Å². The van der Waals surface area contributed by atoms with Gasteiger partial charge < -0.3 is 10.6 Å². The van der Waals surface area contributed by atoms with Crippen molar-refractivity contribution < 1.29 is 4.79 Å². The maximum Gasteiger partial charge on any atom is 0.323 e. The van der Waals surface area contributed by atoms with Gasteiger partial charge in [0.1, 0.15) is 0 Å². The summed E-state index contributed by atoms with van der Waals surface area (Å²) in [5.74, 6) is 0.716. The highest BCUT2D eigenvalue weighted by molar-refractivity contribution is 5.99. The summed E-state index contributed by atoms with van der Waals surface area (Å²) in [5, 5.41) is 17.4. The largest absolute Gasteiger partial charge is 0.323 e. The Morgan fingerprint density at radius 1 is 1.12 bits per heavy atom. The molecule has 0 spiro atoms. The lowest BCUT2D eigenvalue weighted by atomic mass is 10.2. The number of anilines is 2. The molecule has 1 aromatic carbocycles. The monoisotopic (exact) mass is 321 g/mol. The van der Waals surface area contributed by atoms with Crippen LogP contribution in [0.15, 0.2) is 48.8 Å². The van der Waals surface area contributed by atoms with Gasteiger partial charge in [-0.2, -0.15) is 0 Å². The molecule has 1 aliphatic rings. The third kappa shape index (κ3) is 3.07. The summed E-state index contributed by atoms with van der Waals surface area (Å²) >= 11 is 0. The normalized spacial score (nSPS) is 13.5. The van der Waals surface area contributed by atoms with Gasteiger partial charge in [0.2, 0.25) is 0 Å². The highest BCUT2D eigenvalue weighted by atomic mass is 16.2. The van der Waals surface area contributed by atoms with E-state index in [1.165, 1.54) is 0 Å².